The maximum atomic E-state index is 11.4. The van der Waals surface area contributed by atoms with E-state index in [1.807, 2.05) is 18.2 Å². The number of rotatable bonds is 4. The van der Waals surface area contributed by atoms with Crippen LogP contribution in [0.1, 0.15) is 18.9 Å². The molecule has 0 aromatic heterocycles. The molecule has 5 heteroatoms. The highest BCUT2D eigenvalue weighted by atomic mass is 35.5. The lowest BCUT2D eigenvalue weighted by molar-refractivity contribution is -0.142. The highest BCUT2D eigenvalue weighted by Crippen LogP contribution is 2.24. The van der Waals surface area contributed by atoms with E-state index in [4.69, 9.17) is 21.1 Å². The van der Waals surface area contributed by atoms with Gasteiger partial charge in [-0.25, -0.2) is 0 Å². The van der Waals surface area contributed by atoms with Crippen molar-refractivity contribution in [2.24, 2.45) is 0 Å². The number of halogens is 1. The summed E-state index contributed by atoms with van der Waals surface area (Å²) in [6.45, 7) is 2.69. The molecular weight excluding hydrogens is 266 g/mol. The lowest BCUT2D eigenvalue weighted by Gasteiger charge is -2.14. The van der Waals surface area contributed by atoms with Gasteiger partial charge >= 0.3 is 5.97 Å². The molecule has 19 heavy (non-hydrogen) atoms. The minimum absolute atomic E-state index is 0.0185. The van der Waals surface area contributed by atoms with Gasteiger partial charge in [0.2, 0.25) is 0 Å². The van der Waals surface area contributed by atoms with E-state index >= 15 is 0 Å². The lowest BCUT2D eigenvalue weighted by atomic mass is 10.1. The number of methoxy groups -OCH3 is 1. The van der Waals surface area contributed by atoms with Crippen molar-refractivity contribution in [3.05, 3.63) is 28.8 Å². The quantitative estimate of drug-likeness (QED) is 0.861. The molecule has 0 spiro atoms. The Balaban J connectivity index is 1.97. The minimum Gasteiger partial charge on any atom is -0.489 e. The van der Waals surface area contributed by atoms with Crippen molar-refractivity contribution < 1.29 is 14.3 Å². The summed E-state index contributed by atoms with van der Waals surface area (Å²) in [5.74, 6) is 0.551. The SMILES string of the molecule is CCc1cc(OC2CNC(C(=O)OC)C2)ccc1Cl. The molecule has 1 heterocycles. The topological polar surface area (TPSA) is 47.6 Å². The zero-order valence-electron chi connectivity index (χ0n) is 11.1. The van der Waals surface area contributed by atoms with Crippen molar-refractivity contribution in [2.45, 2.75) is 31.9 Å². The second-order valence-electron chi connectivity index (χ2n) is 4.57. The third-order valence-electron chi connectivity index (χ3n) is 3.28. The average Bonchev–Trinajstić information content (AvgIpc) is 2.88. The van der Waals surface area contributed by atoms with E-state index in [0.29, 0.717) is 13.0 Å². The molecule has 1 aromatic carbocycles. The predicted molar refractivity (Wildman–Crippen MR) is 73.7 cm³/mol. The van der Waals surface area contributed by atoms with Crippen LogP contribution >= 0.6 is 11.6 Å². The van der Waals surface area contributed by atoms with Crippen LogP contribution in [0, 0.1) is 0 Å². The van der Waals surface area contributed by atoms with E-state index in [0.717, 1.165) is 22.8 Å². The van der Waals surface area contributed by atoms with Gasteiger partial charge in [-0.1, -0.05) is 18.5 Å². The number of carbonyl (C=O) groups excluding carboxylic acids is 1. The van der Waals surface area contributed by atoms with Gasteiger partial charge in [0.05, 0.1) is 7.11 Å². The van der Waals surface area contributed by atoms with Crippen molar-refractivity contribution in [2.75, 3.05) is 13.7 Å². The summed E-state index contributed by atoms with van der Waals surface area (Å²) in [5.41, 5.74) is 1.06. The van der Waals surface area contributed by atoms with Crippen LogP contribution in [0.5, 0.6) is 5.75 Å². The zero-order valence-corrected chi connectivity index (χ0v) is 11.9. The van der Waals surface area contributed by atoms with Crippen LogP contribution in [0.15, 0.2) is 18.2 Å². The summed E-state index contributed by atoms with van der Waals surface area (Å²) in [7, 11) is 1.39. The molecule has 1 N–H and O–H groups in total. The minimum atomic E-state index is -0.270. The molecule has 0 bridgehead atoms. The molecule has 4 nitrogen and oxygen atoms in total. The molecule has 0 aliphatic carbocycles. The van der Waals surface area contributed by atoms with Crippen molar-refractivity contribution in [1.29, 1.82) is 0 Å². The Bertz CT molecular complexity index is 464. The fraction of sp³-hybridized carbons (Fsp3) is 0.500. The Labute approximate surface area is 118 Å². The van der Waals surface area contributed by atoms with E-state index in [1.165, 1.54) is 7.11 Å². The van der Waals surface area contributed by atoms with Crippen molar-refractivity contribution in [1.82, 2.24) is 5.32 Å². The summed E-state index contributed by atoms with van der Waals surface area (Å²) in [6.07, 6.45) is 1.47. The van der Waals surface area contributed by atoms with Gasteiger partial charge in [-0.3, -0.25) is 4.79 Å². The Morgan fingerprint density at radius 2 is 2.32 bits per heavy atom. The molecule has 2 rings (SSSR count). The second kappa shape index (κ2) is 6.26. The summed E-state index contributed by atoms with van der Waals surface area (Å²) < 4.78 is 10.6. The van der Waals surface area contributed by atoms with Crippen LogP contribution in [0.25, 0.3) is 0 Å². The molecule has 0 saturated carbocycles. The van der Waals surface area contributed by atoms with E-state index < -0.39 is 0 Å². The molecule has 1 aromatic rings. The standard InChI is InChI=1S/C14H18ClNO3/c1-3-9-6-10(4-5-12(9)15)19-11-7-13(16-8-11)14(17)18-2/h4-6,11,13,16H,3,7-8H2,1-2H3. The van der Waals surface area contributed by atoms with Gasteiger partial charge in [0, 0.05) is 18.0 Å². The first-order chi connectivity index (χ1) is 9.13. The van der Waals surface area contributed by atoms with Crippen LogP contribution < -0.4 is 10.1 Å². The van der Waals surface area contributed by atoms with E-state index in [9.17, 15) is 4.79 Å². The van der Waals surface area contributed by atoms with Crippen LogP contribution in [0.3, 0.4) is 0 Å². The monoisotopic (exact) mass is 283 g/mol. The Hall–Kier alpha value is -1.26. The average molecular weight is 284 g/mol. The predicted octanol–water partition coefficient (Wildman–Crippen LogP) is 2.18. The number of hydrogen-bond donors (Lipinski definition) is 1. The Morgan fingerprint density at radius 3 is 3.00 bits per heavy atom. The maximum Gasteiger partial charge on any atom is 0.323 e. The van der Waals surface area contributed by atoms with Crippen molar-refractivity contribution in [3.8, 4) is 5.75 Å². The Morgan fingerprint density at radius 1 is 1.53 bits per heavy atom. The van der Waals surface area contributed by atoms with E-state index in [2.05, 4.69) is 12.2 Å². The molecule has 1 aliphatic rings. The number of nitrogens with one attached hydrogen (secondary N) is 1. The summed E-state index contributed by atoms with van der Waals surface area (Å²) >= 11 is 6.07. The summed E-state index contributed by atoms with van der Waals surface area (Å²) in [4.78, 5) is 11.4. The number of hydrogen-bond acceptors (Lipinski definition) is 4. The number of aryl methyl sites for hydroxylation is 1. The number of esters is 1. The molecule has 1 saturated heterocycles. The van der Waals surface area contributed by atoms with Gasteiger partial charge in [0.15, 0.2) is 0 Å². The molecule has 1 fully saturated rings. The second-order valence-corrected chi connectivity index (χ2v) is 4.97. The van der Waals surface area contributed by atoms with Gasteiger partial charge in [-0.05, 0) is 30.2 Å². The highest BCUT2D eigenvalue weighted by molar-refractivity contribution is 6.31. The van der Waals surface area contributed by atoms with Gasteiger partial charge in [-0.15, -0.1) is 0 Å². The fourth-order valence-electron chi connectivity index (χ4n) is 2.20. The molecule has 0 amide bonds. The third-order valence-corrected chi connectivity index (χ3v) is 3.65. The number of carbonyl (C=O) groups is 1. The zero-order chi connectivity index (χ0) is 13.8. The van der Waals surface area contributed by atoms with Crippen LogP contribution in [-0.2, 0) is 16.0 Å². The van der Waals surface area contributed by atoms with Crippen LogP contribution in [0.2, 0.25) is 5.02 Å². The van der Waals surface area contributed by atoms with Crippen molar-refractivity contribution >= 4 is 17.6 Å². The summed E-state index contributed by atoms with van der Waals surface area (Å²) in [6, 6.07) is 5.38. The lowest BCUT2D eigenvalue weighted by Crippen LogP contribution is -2.31. The van der Waals surface area contributed by atoms with Gasteiger partial charge in [0.1, 0.15) is 17.9 Å². The van der Waals surface area contributed by atoms with Gasteiger partial charge in [0.25, 0.3) is 0 Å². The maximum absolute atomic E-state index is 11.4. The van der Waals surface area contributed by atoms with E-state index in [1.54, 1.807) is 0 Å². The highest BCUT2D eigenvalue weighted by Gasteiger charge is 2.31. The fourth-order valence-corrected chi connectivity index (χ4v) is 2.45. The Kier molecular flexibility index (Phi) is 4.66. The normalized spacial score (nSPS) is 22.3. The summed E-state index contributed by atoms with van der Waals surface area (Å²) in [5, 5.41) is 3.85. The van der Waals surface area contributed by atoms with Crippen molar-refractivity contribution in [3.63, 3.8) is 0 Å². The molecule has 2 unspecified atom stereocenters. The number of benzene rings is 1. The largest absolute Gasteiger partial charge is 0.489 e. The van der Waals surface area contributed by atoms with Crippen LogP contribution in [0.4, 0.5) is 0 Å². The first kappa shape index (κ1) is 14.2. The molecular formula is C14H18ClNO3. The van der Waals surface area contributed by atoms with Crippen LogP contribution in [-0.4, -0.2) is 31.8 Å². The van der Waals surface area contributed by atoms with E-state index in [-0.39, 0.29) is 18.1 Å². The van der Waals surface area contributed by atoms with Gasteiger partial charge in [-0.2, -0.15) is 0 Å². The first-order valence-corrected chi connectivity index (χ1v) is 6.78. The van der Waals surface area contributed by atoms with Gasteiger partial charge < -0.3 is 14.8 Å². The molecule has 2 atom stereocenters. The molecule has 104 valence electrons. The first-order valence-electron chi connectivity index (χ1n) is 6.40. The third kappa shape index (κ3) is 3.39. The molecule has 1 aliphatic heterocycles. The number of ether oxygens (including phenoxy) is 2. The molecule has 0 radical (unpaired) electrons. The smallest absolute Gasteiger partial charge is 0.323 e.